The molecule has 0 saturated heterocycles. The minimum Gasteiger partial charge on any atom is -0.479 e. The Balaban J connectivity index is 4.01. The molecule has 1 amide bonds. The number of ether oxygens (including phenoxy) is 1. The van der Waals surface area contributed by atoms with Crippen LogP contribution >= 0.6 is 0 Å². The lowest BCUT2D eigenvalue weighted by Gasteiger charge is -2.05. The third-order valence-corrected chi connectivity index (χ3v) is 0.861. The number of terminal acetylenes is 1. The quantitative estimate of drug-likeness (QED) is 0.526. The molecule has 0 aromatic rings. The van der Waals surface area contributed by atoms with Crippen molar-refractivity contribution in [2.24, 2.45) is 0 Å². The van der Waals surface area contributed by atoms with Gasteiger partial charge in [0, 0.05) is 0 Å². The van der Waals surface area contributed by atoms with Crippen molar-refractivity contribution in [2.75, 3.05) is 7.11 Å². The number of alkyl carbamates (subject to hydrolysis) is 1. The molecule has 0 rings (SSSR count). The Morgan fingerprint density at radius 2 is 2.27 bits per heavy atom. The molecule has 2 N–H and O–H groups in total. The third-order valence-electron chi connectivity index (χ3n) is 0.861. The fourth-order valence-corrected chi connectivity index (χ4v) is 0.351. The van der Waals surface area contributed by atoms with Gasteiger partial charge in [-0.25, -0.2) is 9.59 Å². The number of nitrogens with one attached hydrogen (secondary N) is 1. The number of hydrogen-bond donors (Lipinski definition) is 2. The molecule has 1 atom stereocenters. The van der Waals surface area contributed by atoms with E-state index in [0.29, 0.717) is 0 Å². The van der Waals surface area contributed by atoms with Gasteiger partial charge < -0.3 is 9.84 Å². The first-order valence-corrected chi connectivity index (χ1v) is 2.65. The van der Waals surface area contributed by atoms with Crippen LogP contribution in [0.2, 0.25) is 0 Å². The van der Waals surface area contributed by atoms with Crippen molar-refractivity contribution in [2.45, 2.75) is 6.04 Å². The van der Waals surface area contributed by atoms with Crippen molar-refractivity contribution >= 4 is 12.1 Å². The molecular formula is C6H7NO4. The van der Waals surface area contributed by atoms with E-state index < -0.39 is 18.1 Å². The predicted molar refractivity (Wildman–Crippen MR) is 35.8 cm³/mol. The first-order valence-electron chi connectivity index (χ1n) is 2.65. The van der Waals surface area contributed by atoms with Gasteiger partial charge in [0.05, 0.1) is 7.11 Å². The molecule has 5 heteroatoms. The molecule has 0 fully saturated rings. The molecule has 11 heavy (non-hydrogen) atoms. The average molecular weight is 157 g/mol. The number of hydrogen-bond acceptors (Lipinski definition) is 3. The summed E-state index contributed by atoms with van der Waals surface area (Å²) in [5, 5.41) is 10.2. The van der Waals surface area contributed by atoms with E-state index in [0.717, 1.165) is 7.11 Å². The lowest BCUT2D eigenvalue weighted by Crippen LogP contribution is -2.39. The van der Waals surface area contributed by atoms with Gasteiger partial charge in [-0.1, -0.05) is 5.92 Å². The zero-order chi connectivity index (χ0) is 8.85. The maximum absolute atomic E-state index is 10.4. The van der Waals surface area contributed by atoms with E-state index in [-0.39, 0.29) is 0 Å². The first-order chi connectivity index (χ1) is 5.11. The van der Waals surface area contributed by atoms with Crippen LogP contribution in [0.25, 0.3) is 0 Å². The zero-order valence-electron chi connectivity index (χ0n) is 5.83. The second-order valence-electron chi connectivity index (χ2n) is 1.57. The molecule has 0 radical (unpaired) electrons. The molecular weight excluding hydrogens is 150 g/mol. The maximum atomic E-state index is 10.4. The van der Waals surface area contributed by atoms with Crippen LogP contribution < -0.4 is 5.32 Å². The van der Waals surface area contributed by atoms with Crippen molar-refractivity contribution in [3.63, 3.8) is 0 Å². The molecule has 0 aliphatic carbocycles. The van der Waals surface area contributed by atoms with Crippen molar-refractivity contribution in [1.29, 1.82) is 0 Å². The number of carboxylic acid groups (broad SMARTS) is 1. The maximum Gasteiger partial charge on any atom is 0.408 e. The van der Waals surface area contributed by atoms with Gasteiger partial charge in [-0.15, -0.1) is 6.42 Å². The number of carbonyl (C=O) groups excluding carboxylic acids is 1. The standard InChI is InChI=1S/C6H7NO4/c1-3-4(5(8)9)7-6(10)11-2/h1,4H,2H3,(H,7,10)(H,8,9)/t4-/m0/s1. The molecule has 0 aromatic carbocycles. The fourth-order valence-electron chi connectivity index (χ4n) is 0.351. The largest absolute Gasteiger partial charge is 0.479 e. The van der Waals surface area contributed by atoms with Gasteiger partial charge in [0.15, 0.2) is 6.04 Å². The second-order valence-corrected chi connectivity index (χ2v) is 1.57. The van der Waals surface area contributed by atoms with Gasteiger partial charge in [-0.3, -0.25) is 5.32 Å². The molecule has 0 unspecified atom stereocenters. The van der Waals surface area contributed by atoms with Crippen LogP contribution in [0.5, 0.6) is 0 Å². The number of rotatable bonds is 2. The summed E-state index contributed by atoms with van der Waals surface area (Å²) in [7, 11) is 1.12. The van der Waals surface area contributed by atoms with E-state index in [1.54, 1.807) is 0 Å². The normalized spacial score (nSPS) is 10.9. The smallest absolute Gasteiger partial charge is 0.408 e. The van der Waals surface area contributed by atoms with Crippen LogP contribution in [0.1, 0.15) is 0 Å². The fraction of sp³-hybridized carbons (Fsp3) is 0.333. The van der Waals surface area contributed by atoms with Crippen LogP contribution in [0.15, 0.2) is 0 Å². The molecule has 0 heterocycles. The van der Waals surface area contributed by atoms with Gasteiger partial charge in [0.25, 0.3) is 0 Å². The van der Waals surface area contributed by atoms with Crippen molar-refractivity contribution in [1.82, 2.24) is 5.32 Å². The molecule has 60 valence electrons. The molecule has 0 aliphatic heterocycles. The van der Waals surface area contributed by atoms with E-state index in [1.165, 1.54) is 0 Å². The number of amides is 1. The summed E-state index contributed by atoms with van der Waals surface area (Å²) < 4.78 is 4.12. The van der Waals surface area contributed by atoms with E-state index >= 15 is 0 Å². The lowest BCUT2D eigenvalue weighted by molar-refractivity contribution is -0.137. The van der Waals surface area contributed by atoms with Crippen molar-refractivity contribution in [3.05, 3.63) is 0 Å². The zero-order valence-corrected chi connectivity index (χ0v) is 5.83. The minimum atomic E-state index is -1.33. The lowest BCUT2D eigenvalue weighted by atomic mass is 10.3. The first kappa shape index (κ1) is 9.30. The number of carbonyl (C=O) groups is 2. The summed E-state index contributed by atoms with van der Waals surface area (Å²) in [5.74, 6) is 0.562. The highest BCUT2D eigenvalue weighted by Crippen LogP contribution is 1.82. The van der Waals surface area contributed by atoms with Gasteiger partial charge in [0.1, 0.15) is 0 Å². The summed E-state index contributed by atoms with van der Waals surface area (Å²) in [4.78, 5) is 20.6. The SMILES string of the molecule is C#C[C@H](NC(=O)OC)C(=O)O. The van der Waals surface area contributed by atoms with Crippen molar-refractivity contribution < 1.29 is 19.4 Å². The van der Waals surface area contributed by atoms with Crippen molar-refractivity contribution in [3.8, 4) is 12.3 Å². The highest BCUT2D eigenvalue weighted by atomic mass is 16.5. The van der Waals surface area contributed by atoms with Crippen LogP contribution in [0.4, 0.5) is 4.79 Å². The van der Waals surface area contributed by atoms with Crippen LogP contribution in [-0.4, -0.2) is 30.3 Å². The monoisotopic (exact) mass is 157 g/mol. The molecule has 5 nitrogen and oxygen atoms in total. The van der Waals surface area contributed by atoms with E-state index in [2.05, 4.69) is 4.74 Å². The summed E-state index contributed by atoms with van der Waals surface area (Å²) >= 11 is 0. The van der Waals surface area contributed by atoms with Crippen LogP contribution in [-0.2, 0) is 9.53 Å². The Bertz CT molecular complexity index is 205. The molecule has 0 spiro atoms. The summed E-state index contributed by atoms with van der Waals surface area (Å²) in [5.41, 5.74) is 0. The number of methoxy groups -OCH3 is 1. The van der Waals surface area contributed by atoms with E-state index in [9.17, 15) is 9.59 Å². The highest BCUT2D eigenvalue weighted by Gasteiger charge is 2.16. The number of carboxylic acids is 1. The van der Waals surface area contributed by atoms with Gasteiger partial charge in [0.2, 0.25) is 0 Å². The Morgan fingerprint density at radius 3 is 2.55 bits per heavy atom. The molecule has 0 saturated carbocycles. The topological polar surface area (TPSA) is 75.6 Å². The minimum absolute atomic E-state index is 0.865. The van der Waals surface area contributed by atoms with Gasteiger partial charge >= 0.3 is 12.1 Å². The Kier molecular flexibility index (Phi) is 3.52. The van der Waals surface area contributed by atoms with Crippen LogP contribution in [0.3, 0.4) is 0 Å². The summed E-state index contributed by atoms with van der Waals surface area (Å²) in [6.07, 6.45) is 3.91. The molecule has 0 bridgehead atoms. The van der Waals surface area contributed by atoms with E-state index in [1.807, 2.05) is 11.2 Å². The summed E-state index contributed by atoms with van der Waals surface area (Å²) in [6.45, 7) is 0. The Morgan fingerprint density at radius 1 is 1.73 bits per heavy atom. The Hall–Kier alpha value is -1.70. The molecule has 0 aliphatic rings. The van der Waals surface area contributed by atoms with Gasteiger partial charge in [-0.05, 0) is 0 Å². The average Bonchev–Trinajstić information content (AvgIpc) is 1.99. The predicted octanol–water partition coefficient (Wildman–Crippen LogP) is -0.571. The summed E-state index contributed by atoms with van der Waals surface area (Å²) in [6, 6.07) is -1.33. The van der Waals surface area contributed by atoms with Crippen LogP contribution in [0, 0.1) is 12.3 Å². The molecule has 0 aromatic heterocycles. The third kappa shape index (κ3) is 3.11. The highest BCUT2D eigenvalue weighted by molar-refractivity contribution is 5.82. The number of aliphatic carboxylic acids is 1. The second kappa shape index (κ2) is 4.17. The van der Waals surface area contributed by atoms with Gasteiger partial charge in [-0.2, -0.15) is 0 Å². The van der Waals surface area contributed by atoms with E-state index in [4.69, 9.17) is 11.5 Å². The Labute approximate surface area is 63.3 Å².